The van der Waals surface area contributed by atoms with Crippen LogP contribution in [-0.2, 0) is 0 Å². The van der Waals surface area contributed by atoms with E-state index in [1.807, 2.05) is 0 Å². The Morgan fingerprint density at radius 2 is 1.70 bits per heavy atom. The second kappa shape index (κ2) is 2.23. The van der Waals surface area contributed by atoms with Crippen LogP contribution in [0.2, 0.25) is 0 Å². The molecule has 0 saturated heterocycles. The Balaban J connectivity index is 2.07. The van der Waals surface area contributed by atoms with Gasteiger partial charge in [-0.2, -0.15) is 0 Å². The number of nitrogens with two attached hydrogens (primary N) is 1. The molecule has 2 aliphatic carbocycles. The quantitative estimate of drug-likeness (QED) is 0.546. The van der Waals surface area contributed by atoms with Crippen LogP contribution in [0.3, 0.4) is 0 Å². The fourth-order valence-corrected chi connectivity index (χ4v) is 2.74. The molecule has 10 heavy (non-hydrogen) atoms. The molecule has 2 saturated carbocycles. The van der Waals surface area contributed by atoms with Gasteiger partial charge in [0, 0.05) is 5.54 Å². The van der Waals surface area contributed by atoms with Gasteiger partial charge in [0.1, 0.15) is 0 Å². The number of hydrogen-bond acceptors (Lipinski definition) is 1. The lowest BCUT2D eigenvalue weighted by Gasteiger charge is -2.42. The number of fused-ring (bicyclic) bond motifs is 2. The highest BCUT2D eigenvalue weighted by Gasteiger charge is 2.35. The van der Waals surface area contributed by atoms with E-state index in [-0.39, 0.29) is 5.54 Å². The highest BCUT2D eigenvalue weighted by Crippen LogP contribution is 2.40. The third-order valence-corrected chi connectivity index (χ3v) is 3.27. The summed E-state index contributed by atoms with van der Waals surface area (Å²) in [6, 6.07) is 0. The fourth-order valence-electron chi connectivity index (χ4n) is 2.74. The SMILES string of the molecule is NC12CCCC(CCC1)C2. The van der Waals surface area contributed by atoms with Gasteiger partial charge in [0.15, 0.2) is 0 Å². The first-order chi connectivity index (χ1) is 4.79. The van der Waals surface area contributed by atoms with Gasteiger partial charge in [-0.25, -0.2) is 0 Å². The average Bonchev–Trinajstić information content (AvgIpc) is 1.86. The van der Waals surface area contributed by atoms with E-state index >= 15 is 0 Å². The molecule has 0 aromatic carbocycles. The molecule has 0 aromatic heterocycles. The minimum Gasteiger partial charge on any atom is -0.325 e. The number of hydrogen-bond donors (Lipinski definition) is 1. The summed E-state index contributed by atoms with van der Waals surface area (Å²) in [5.41, 5.74) is 6.48. The normalized spacial score (nSPS) is 47.1. The topological polar surface area (TPSA) is 26.0 Å². The van der Waals surface area contributed by atoms with Crippen LogP contribution in [0.1, 0.15) is 44.9 Å². The zero-order valence-electron chi connectivity index (χ0n) is 6.60. The van der Waals surface area contributed by atoms with Crippen LogP contribution < -0.4 is 5.73 Å². The smallest absolute Gasteiger partial charge is 0.0157 e. The maximum atomic E-state index is 6.20. The van der Waals surface area contributed by atoms with Crippen molar-refractivity contribution in [3.63, 3.8) is 0 Å². The van der Waals surface area contributed by atoms with Crippen LogP contribution in [0, 0.1) is 5.92 Å². The van der Waals surface area contributed by atoms with E-state index < -0.39 is 0 Å². The number of rotatable bonds is 0. The molecule has 0 aliphatic heterocycles. The summed E-state index contributed by atoms with van der Waals surface area (Å²) in [6.45, 7) is 0. The Hall–Kier alpha value is -0.0400. The first-order valence-corrected chi connectivity index (χ1v) is 4.57. The lowest BCUT2D eigenvalue weighted by molar-refractivity contribution is 0.155. The summed E-state index contributed by atoms with van der Waals surface area (Å²) in [5.74, 6) is 0.993. The van der Waals surface area contributed by atoms with Crippen molar-refractivity contribution >= 4 is 0 Å². The maximum Gasteiger partial charge on any atom is 0.0157 e. The van der Waals surface area contributed by atoms with Crippen LogP contribution in [0.4, 0.5) is 0 Å². The molecule has 2 bridgehead atoms. The minimum atomic E-state index is 0.279. The third kappa shape index (κ3) is 1.07. The Bertz CT molecular complexity index is 121. The van der Waals surface area contributed by atoms with E-state index in [1.165, 1.54) is 44.9 Å². The van der Waals surface area contributed by atoms with Crippen LogP contribution in [0.25, 0.3) is 0 Å². The minimum absolute atomic E-state index is 0.279. The molecule has 0 atom stereocenters. The van der Waals surface area contributed by atoms with Gasteiger partial charge in [-0.15, -0.1) is 0 Å². The first-order valence-electron chi connectivity index (χ1n) is 4.57. The van der Waals surface area contributed by atoms with E-state index in [4.69, 9.17) is 5.73 Å². The molecule has 2 fully saturated rings. The highest BCUT2D eigenvalue weighted by atomic mass is 14.8. The molecule has 0 amide bonds. The van der Waals surface area contributed by atoms with Crippen LogP contribution in [0.5, 0.6) is 0 Å². The standard InChI is InChI=1S/C9H17N/c10-9-5-1-3-8(7-9)4-2-6-9/h8H,1-7,10H2. The summed E-state index contributed by atoms with van der Waals surface area (Å²) in [5, 5.41) is 0. The zero-order chi connectivity index (χ0) is 7.03. The van der Waals surface area contributed by atoms with E-state index in [0.717, 1.165) is 5.92 Å². The van der Waals surface area contributed by atoms with Gasteiger partial charge < -0.3 is 5.73 Å². The van der Waals surface area contributed by atoms with E-state index in [1.54, 1.807) is 0 Å². The second-order valence-electron chi connectivity index (χ2n) is 4.22. The molecular formula is C9H17N. The van der Waals surface area contributed by atoms with Gasteiger partial charge in [-0.1, -0.05) is 25.7 Å². The van der Waals surface area contributed by atoms with Gasteiger partial charge >= 0.3 is 0 Å². The molecule has 58 valence electrons. The summed E-state index contributed by atoms with van der Waals surface area (Å²) in [4.78, 5) is 0. The van der Waals surface area contributed by atoms with Gasteiger partial charge in [0.2, 0.25) is 0 Å². The molecule has 2 N–H and O–H groups in total. The predicted octanol–water partition coefficient (Wildman–Crippen LogP) is 2.06. The van der Waals surface area contributed by atoms with Gasteiger partial charge in [-0.05, 0) is 25.2 Å². The second-order valence-corrected chi connectivity index (χ2v) is 4.22. The molecule has 2 aliphatic rings. The lowest BCUT2D eigenvalue weighted by Crippen LogP contribution is -2.46. The molecule has 0 radical (unpaired) electrons. The van der Waals surface area contributed by atoms with Crippen molar-refractivity contribution in [1.29, 1.82) is 0 Å². The van der Waals surface area contributed by atoms with E-state index in [9.17, 15) is 0 Å². The average molecular weight is 139 g/mol. The van der Waals surface area contributed by atoms with Crippen molar-refractivity contribution in [2.45, 2.75) is 50.5 Å². The van der Waals surface area contributed by atoms with Crippen molar-refractivity contribution in [3.05, 3.63) is 0 Å². The van der Waals surface area contributed by atoms with Crippen molar-refractivity contribution in [2.24, 2.45) is 11.7 Å². The van der Waals surface area contributed by atoms with Crippen LogP contribution in [0.15, 0.2) is 0 Å². The first kappa shape index (κ1) is 6.66. The zero-order valence-corrected chi connectivity index (χ0v) is 6.60. The highest BCUT2D eigenvalue weighted by molar-refractivity contribution is 4.93. The summed E-state index contributed by atoms with van der Waals surface area (Å²) >= 11 is 0. The Morgan fingerprint density at radius 1 is 1.10 bits per heavy atom. The molecule has 1 heteroatoms. The molecular weight excluding hydrogens is 122 g/mol. The van der Waals surface area contributed by atoms with E-state index in [0.29, 0.717) is 0 Å². The van der Waals surface area contributed by atoms with E-state index in [2.05, 4.69) is 0 Å². The summed E-state index contributed by atoms with van der Waals surface area (Å²) in [6.07, 6.45) is 9.61. The van der Waals surface area contributed by atoms with Gasteiger partial charge in [0.25, 0.3) is 0 Å². The van der Waals surface area contributed by atoms with Crippen molar-refractivity contribution < 1.29 is 0 Å². The summed E-state index contributed by atoms with van der Waals surface area (Å²) in [7, 11) is 0. The molecule has 0 unspecified atom stereocenters. The monoisotopic (exact) mass is 139 g/mol. The molecule has 0 aromatic rings. The maximum absolute atomic E-state index is 6.20. The molecule has 1 nitrogen and oxygen atoms in total. The Morgan fingerprint density at radius 3 is 2.10 bits per heavy atom. The largest absolute Gasteiger partial charge is 0.325 e. The fraction of sp³-hybridized carbons (Fsp3) is 1.00. The van der Waals surface area contributed by atoms with Crippen molar-refractivity contribution in [3.8, 4) is 0 Å². The van der Waals surface area contributed by atoms with Crippen molar-refractivity contribution in [1.82, 2.24) is 0 Å². The lowest BCUT2D eigenvalue weighted by atomic mass is 9.68. The third-order valence-electron chi connectivity index (χ3n) is 3.27. The predicted molar refractivity (Wildman–Crippen MR) is 42.7 cm³/mol. The van der Waals surface area contributed by atoms with Crippen molar-refractivity contribution in [2.75, 3.05) is 0 Å². The van der Waals surface area contributed by atoms with Gasteiger partial charge in [-0.3, -0.25) is 0 Å². The summed E-state index contributed by atoms with van der Waals surface area (Å²) < 4.78 is 0. The van der Waals surface area contributed by atoms with Crippen LogP contribution >= 0.6 is 0 Å². The molecule has 2 rings (SSSR count). The molecule has 0 heterocycles. The molecule has 0 spiro atoms. The Labute approximate surface area is 63.0 Å². The van der Waals surface area contributed by atoms with Gasteiger partial charge in [0.05, 0.1) is 0 Å². The Kier molecular flexibility index (Phi) is 1.48. The van der Waals surface area contributed by atoms with Crippen LogP contribution in [-0.4, -0.2) is 5.54 Å².